The molecule has 1 fully saturated rings. The lowest BCUT2D eigenvalue weighted by molar-refractivity contribution is 0.405. The van der Waals surface area contributed by atoms with E-state index in [9.17, 15) is 12.8 Å². The average Bonchev–Trinajstić information content (AvgIpc) is 2.92. The molecule has 1 atom stereocenters. The molecule has 0 spiro atoms. The lowest BCUT2D eigenvalue weighted by atomic mass is 9.99. The van der Waals surface area contributed by atoms with Crippen LogP contribution in [0.4, 0.5) is 4.39 Å². The summed E-state index contributed by atoms with van der Waals surface area (Å²) in [5, 5.41) is 0. The summed E-state index contributed by atoms with van der Waals surface area (Å²) in [5.41, 5.74) is 6.23. The van der Waals surface area contributed by atoms with Crippen LogP contribution in [0.5, 0.6) is 0 Å². The molecule has 1 saturated carbocycles. The predicted octanol–water partition coefficient (Wildman–Crippen LogP) is 1.93. The van der Waals surface area contributed by atoms with Gasteiger partial charge in [-0.3, -0.25) is 0 Å². The molecule has 4 nitrogen and oxygen atoms in total. The first-order chi connectivity index (χ1) is 9.44. The summed E-state index contributed by atoms with van der Waals surface area (Å²) in [6.45, 7) is 1.92. The van der Waals surface area contributed by atoms with E-state index in [4.69, 9.17) is 5.73 Å². The third kappa shape index (κ3) is 3.37. The Labute approximate surface area is 119 Å². The maximum Gasteiger partial charge on any atom is 0.241 e. The monoisotopic (exact) mass is 300 g/mol. The van der Waals surface area contributed by atoms with E-state index < -0.39 is 15.8 Å². The topological polar surface area (TPSA) is 72.2 Å². The first-order valence-corrected chi connectivity index (χ1v) is 8.41. The van der Waals surface area contributed by atoms with E-state index in [2.05, 4.69) is 4.72 Å². The largest absolute Gasteiger partial charge is 0.329 e. The van der Waals surface area contributed by atoms with Crippen molar-refractivity contribution in [2.24, 2.45) is 11.7 Å². The Balaban J connectivity index is 2.23. The second-order valence-corrected chi connectivity index (χ2v) is 7.10. The molecule has 0 bridgehead atoms. The summed E-state index contributed by atoms with van der Waals surface area (Å²) >= 11 is 0. The van der Waals surface area contributed by atoms with Crippen LogP contribution in [0.1, 0.15) is 31.2 Å². The smallest absolute Gasteiger partial charge is 0.241 e. The second kappa shape index (κ2) is 6.20. The molecular formula is C14H21FN2O2S. The van der Waals surface area contributed by atoms with E-state index in [1.807, 2.05) is 0 Å². The Hall–Kier alpha value is -0.980. The Bertz CT molecular complexity index is 569. The highest BCUT2D eigenvalue weighted by atomic mass is 32.2. The quantitative estimate of drug-likeness (QED) is 0.873. The molecule has 2 rings (SSSR count). The van der Waals surface area contributed by atoms with Gasteiger partial charge in [0, 0.05) is 12.6 Å². The molecule has 20 heavy (non-hydrogen) atoms. The minimum Gasteiger partial charge on any atom is -0.329 e. The molecular weight excluding hydrogens is 279 g/mol. The van der Waals surface area contributed by atoms with Gasteiger partial charge in [-0.15, -0.1) is 0 Å². The number of nitrogens with two attached hydrogens (primary N) is 1. The number of rotatable bonds is 5. The highest BCUT2D eigenvalue weighted by molar-refractivity contribution is 7.89. The molecule has 1 aromatic carbocycles. The van der Waals surface area contributed by atoms with Crippen molar-refractivity contribution in [3.05, 3.63) is 29.6 Å². The number of sulfonamides is 1. The van der Waals surface area contributed by atoms with Gasteiger partial charge in [0.2, 0.25) is 10.0 Å². The number of benzene rings is 1. The van der Waals surface area contributed by atoms with Crippen LogP contribution >= 0.6 is 0 Å². The molecule has 3 N–H and O–H groups in total. The van der Waals surface area contributed by atoms with Crippen LogP contribution in [0, 0.1) is 18.7 Å². The zero-order valence-corrected chi connectivity index (χ0v) is 12.4. The van der Waals surface area contributed by atoms with Crippen molar-refractivity contribution in [1.29, 1.82) is 0 Å². The maximum absolute atomic E-state index is 13.3. The first-order valence-electron chi connectivity index (χ1n) is 6.92. The van der Waals surface area contributed by atoms with Gasteiger partial charge < -0.3 is 5.73 Å². The molecule has 1 aromatic rings. The fraction of sp³-hybridized carbons (Fsp3) is 0.571. The molecule has 0 radical (unpaired) electrons. The van der Waals surface area contributed by atoms with Gasteiger partial charge in [-0.2, -0.15) is 0 Å². The Kier molecular flexibility index (Phi) is 4.78. The van der Waals surface area contributed by atoms with Crippen molar-refractivity contribution in [3.8, 4) is 0 Å². The Morgan fingerprint density at radius 2 is 2.05 bits per heavy atom. The summed E-state index contributed by atoms with van der Waals surface area (Å²) in [5.74, 6) is -0.273. The van der Waals surface area contributed by atoms with Crippen molar-refractivity contribution in [2.45, 2.75) is 43.5 Å². The van der Waals surface area contributed by atoms with Crippen molar-refractivity contribution in [2.75, 3.05) is 6.54 Å². The van der Waals surface area contributed by atoms with Gasteiger partial charge in [-0.1, -0.05) is 18.9 Å². The van der Waals surface area contributed by atoms with E-state index in [1.165, 1.54) is 12.1 Å². The van der Waals surface area contributed by atoms with Gasteiger partial charge in [0.1, 0.15) is 5.82 Å². The molecule has 0 aromatic heterocycles. The molecule has 112 valence electrons. The van der Waals surface area contributed by atoms with E-state index in [0.717, 1.165) is 31.7 Å². The molecule has 0 aliphatic heterocycles. The zero-order chi connectivity index (χ0) is 14.8. The first kappa shape index (κ1) is 15.4. The van der Waals surface area contributed by atoms with Gasteiger partial charge in [-0.25, -0.2) is 17.5 Å². The molecule has 1 unspecified atom stereocenters. The second-order valence-electron chi connectivity index (χ2n) is 5.42. The van der Waals surface area contributed by atoms with Gasteiger partial charge in [0.25, 0.3) is 0 Å². The summed E-state index contributed by atoms with van der Waals surface area (Å²) in [6, 6.07) is 3.51. The van der Waals surface area contributed by atoms with Gasteiger partial charge in [0.05, 0.1) is 4.90 Å². The number of hydrogen-bond acceptors (Lipinski definition) is 3. The van der Waals surface area contributed by atoms with Crippen LogP contribution in [0.2, 0.25) is 0 Å². The van der Waals surface area contributed by atoms with E-state index in [0.29, 0.717) is 5.56 Å². The van der Waals surface area contributed by atoms with Crippen LogP contribution in [0.25, 0.3) is 0 Å². The standard InChI is InChI=1S/C14H21FN2O2S/c1-10-6-7-12(15)8-14(10)20(18,19)17-13(9-16)11-4-2-3-5-11/h6-8,11,13,17H,2-5,9,16H2,1H3. The third-order valence-corrected chi connectivity index (χ3v) is 5.60. The highest BCUT2D eigenvalue weighted by Gasteiger charge is 2.29. The van der Waals surface area contributed by atoms with Gasteiger partial charge in [-0.05, 0) is 43.4 Å². The number of aryl methyl sites for hydroxylation is 1. The van der Waals surface area contributed by atoms with Crippen LogP contribution in [0.3, 0.4) is 0 Å². The summed E-state index contributed by atoms with van der Waals surface area (Å²) in [7, 11) is -3.73. The lowest BCUT2D eigenvalue weighted by Crippen LogP contribution is -2.44. The Morgan fingerprint density at radius 1 is 1.40 bits per heavy atom. The highest BCUT2D eigenvalue weighted by Crippen LogP contribution is 2.28. The molecule has 0 heterocycles. The zero-order valence-electron chi connectivity index (χ0n) is 11.6. The van der Waals surface area contributed by atoms with Crippen LogP contribution in [-0.2, 0) is 10.0 Å². The van der Waals surface area contributed by atoms with Crippen molar-refractivity contribution in [1.82, 2.24) is 4.72 Å². The van der Waals surface area contributed by atoms with Crippen LogP contribution in [-0.4, -0.2) is 21.0 Å². The summed E-state index contributed by atoms with van der Waals surface area (Å²) in [6.07, 6.45) is 4.21. The van der Waals surface area contributed by atoms with Crippen molar-refractivity contribution >= 4 is 10.0 Å². The molecule has 0 amide bonds. The van der Waals surface area contributed by atoms with Crippen molar-refractivity contribution in [3.63, 3.8) is 0 Å². The average molecular weight is 300 g/mol. The normalized spacial score (nSPS) is 18.4. The fourth-order valence-electron chi connectivity index (χ4n) is 2.82. The fourth-order valence-corrected chi connectivity index (χ4v) is 4.40. The number of hydrogen-bond donors (Lipinski definition) is 2. The van der Waals surface area contributed by atoms with E-state index >= 15 is 0 Å². The molecule has 0 saturated heterocycles. The summed E-state index contributed by atoms with van der Waals surface area (Å²) in [4.78, 5) is -0.00560. The predicted molar refractivity (Wildman–Crippen MR) is 76.3 cm³/mol. The van der Waals surface area contributed by atoms with E-state index in [-0.39, 0.29) is 23.4 Å². The molecule has 6 heteroatoms. The minimum absolute atomic E-state index is 0.00560. The third-order valence-electron chi connectivity index (χ3n) is 3.97. The lowest BCUT2D eigenvalue weighted by Gasteiger charge is -2.23. The molecule has 1 aliphatic rings. The molecule has 1 aliphatic carbocycles. The van der Waals surface area contributed by atoms with E-state index in [1.54, 1.807) is 6.92 Å². The Morgan fingerprint density at radius 3 is 2.65 bits per heavy atom. The van der Waals surface area contributed by atoms with Crippen LogP contribution < -0.4 is 10.5 Å². The van der Waals surface area contributed by atoms with Crippen LogP contribution in [0.15, 0.2) is 23.1 Å². The number of nitrogens with one attached hydrogen (secondary N) is 1. The van der Waals surface area contributed by atoms with Gasteiger partial charge in [0.15, 0.2) is 0 Å². The number of halogens is 1. The minimum atomic E-state index is -3.73. The van der Waals surface area contributed by atoms with Crippen molar-refractivity contribution < 1.29 is 12.8 Å². The SMILES string of the molecule is Cc1ccc(F)cc1S(=O)(=O)NC(CN)C1CCCC1. The summed E-state index contributed by atoms with van der Waals surface area (Å²) < 4.78 is 40.7. The maximum atomic E-state index is 13.3. The van der Waals surface area contributed by atoms with Gasteiger partial charge >= 0.3 is 0 Å².